The maximum Gasteiger partial charge on any atom is 0.0726 e. The van der Waals surface area contributed by atoms with Gasteiger partial charge in [0.25, 0.3) is 0 Å². The fraction of sp³-hybridized carbons (Fsp3) is 0.0159. The molecule has 2 aliphatic rings. The monoisotopic (exact) mass is 841 g/mol. The summed E-state index contributed by atoms with van der Waals surface area (Å²) in [6, 6.07) is 88.3. The summed E-state index contributed by atoms with van der Waals surface area (Å²) < 4.78 is 2.65. The quantitative estimate of drug-likeness (QED) is 0.167. The van der Waals surface area contributed by atoms with Crippen molar-refractivity contribution in [3.8, 4) is 44.5 Å². The third-order valence-corrected chi connectivity index (χ3v) is 15.5. The van der Waals surface area contributed by atoms with E-state index < -0.39 is 5.41 Å². The standard InChI is InChI=1S/C63H39NS/c1-2-16-43-38-45(34-28-40(43)14-1)64(46-35-37-52-51-20-7-11-26-58(51)63(59(52)39-46)56-24-9-5-18-49(56)50-19-6-10-25-57(50)63)44-32-29-42(30-33-44)48-36-31-41-15-3-4-17-47(41)61(48)55-23-13-22-54-53-21-8-12-27-60(53)65-62(54)55/h1-39H. The van der Waals surface area contributed by atoms with E-state index in [0.717, 1.165) is 17.1 Å². The summed E-state index contributed by atoms with van der Waals surface area (Å²) in [7, 11) is 0. The molecule has 0 radical (unpaired) electrons. The molecule has 0 saturated heterocycles. The summed E-state index contributed by atoms with van der Waals surface area (Å²) in [5.41, 5.74) is 18.5. The molecule has 0 atom stereocenters. The Labute approximate surface area is 381 Å². The molecule has 14 rings (SSSR count). The maximum atomic E-state index is 2.49. The number of thiophene rings is 1. The lowest BCUT2D eigenvalue weighted by molar-refractivity contribution is 0.793. The van der Waals surface area contributed by atoms with Gasteiger partial charge in [-0.1, -0.05) is 194 Å². The molecule has 2 aliphatic carbocycles. The molecule has 1 nitrogen and oxygen atoms in total. The van der Waals surface area contributed by atoms with E-state index in [-0.39, 0.29) is 0 Å². The second-order valence-electron chi connectivity index (χ2n) is 17.5. The van der Waals surface area contributed by atoms with Gasteiger partial charge < -0.3 is 4.90 Å². The fourth-order valence-electron chi connectivity index (χ4n) is 11.5. The number of hydrogen-bond acceptors (Lipinski definition) is 2. The molecule has 12 aromatic rings. The highest BCUT2D eigenvalue weighted by atomic mass is 32.1. The highest BCUT2D eigenvalue weighted by Crippen LogP contribution is 2.63. The normalized spacial score (nSPS) is 13.0. The van der Waals surface area contributed by atoms with Crippen molar-refractivity contribution in [2.75, 3.05) is 4.90 Å². The SMILES string of the molecule is c1ccc2c(c1)-c1ccccc1C21c2ccccc2-c2ccc(N(c3ccc(-c4ccc5ccccc5c4-c4cccc5c4sc4ccccc45)cc3)c3ccc4ccccc4c3)cc21. The van der Waals surface area contributed by atoms with Crippen LogP contribution in [-0.4, -0.2) is 0 Å². The molecule has 2 heteroatoms. The zero-order valence-corrected chi connectivity index (χ0v) is 36.2. The molecule has 0 amide bonds. The molecule has 65 heavy (non-hydrogen) atoms. The Morgan fingerprint density at radius 1 is 0.308 bits per heavy atom. The predicted molar refractivity (Wildman–Crippen MR) is 276 cm³/mol. The molecule has 1 spiro atoms. The van der Waals surface area contributed by atoms with Crippen LogP contribution in [0.2, 0.25) is 0 Å². The van der Waals surface area contributed by atoms with Crippen LogP contribution < -0.4 is 4.90 Å². The van der Waals surface area contributed by atoms with Gasteiger partial charge in [-0.2, -0.15) is 0 Å². The highest BCUT2D eigenvalue weighted by molar-refractivity contribution is 7.26. The van der Waals surface area contributed by atoms with Crippen molar-refractivity contribution in [3.05, 3.63) is 259 Å². The Bertz CT molecular complexity index is 3850. The van der Waals surface area contributed by atoms with Gasteiger partial charge in [0.15, 0.2) is 0 Å². The van der Waals surface area contributed by atoms with Crippen molar-refractivity contribution in [1.29, 1.82) is 0 Å². The van der Waals surface area contributed by atoms with Gasteiger partial charge in [-0.25, -0.2) is 0 Å². The van der Waals surface area contributed by atoms with Gasteiger partial charge in [0.05, 0.1) is 5.41 Å². The first-order valence-electron chi connectivity index (χ1n) is 22.5. The number of fused-ring (bicyclic) bond motifs is 15. The average molecular weight is 842 g/mol. The van der Waals surface area contributed by atoms with Crippen LogP contribution in [0.4, 0.5) is 17.1 Å². The van der Waals surface area contributed by atoms with E-state index in [1.54, 1.807) is 0 Å². The lowest BCUT2D eigenvalue weighted by Crippen LogP contribution is -2.26. The summed E-state index contributed by atoms with van der Waals surface area (Å²) in [6.07, 6.45) is 0. The Kier molecular flexibility index (Phi) is 7.84. The van der Waals surface area contributed by atoms with Crippen LogP contribution in [0, 0.1) is 0 Å². The molecule has 0 saturated carbocycles. The number of benzene rings is 11. The van der Waals surface area contributed by atoms with E-state index in [0.29, 0.717) is 0 Å². The summed E-state index contributed by atoms with van der Waals surface area (Å²) in [5.74, 6) is 0. The predicted octanol–water partition coefficient (Wildman–Crippen LogP) is 17.5. The summed E-state index contributed by atoms with van der Waals surface area (Å²) >= 11 is 1.90. The van der Waals surface area contributed by atoms with Crippen LogP contribution >= 0.6 is 11.3 Å². The Hall–Kier alpha value is -8.04. The van der Waals surface area contributed by atoms with Crippen molar-refractivity contribution in [1.82, 2.24) is 0 Å². The second-order valence-corrected chi connectivity index (χ2v) is 18.6. The van der Waals surface area contributed by atoms with E-state index in [9.17, 15) is 0 Å². The van der Waals surface area contributed by atoms with E-state index in [1.807, 2.05) is 11.3 Å². The molecular formula is C63H39NS. The van der Waals surface area contributed by atoms with Crippen molar-refractivity contribution in [3.63, 3.8) is 0 Å². The fourth-order valence-corrected chi connectivity index (χ4v) is 12.7. The zero-order valence-electron chi connectivity index (χ0n) is 35.4. The van der Waals surface area contributed by atoms with E-state index >= 15 is 0 Å². The zero-order chi connectivity index (χ0) is 42.6. The molecule has 302 valence electrons. The van der Waals surface area contributed by atoms with E-state index in [1.165, 1.54) is 108 Å². The highest BCUT2D eigenvalue weighted by Gasteiger charge is 2.51. The number of nitrogens with zero attached hydrogens (tertiary/aromatic N) is 1. The van der Waals surface area contributed by atoms with E-state index in [4.69, 9.17) is 0 Å². The number of rotatable bonds is 5. The van der Waals surface area contributed by atoms with Crippen LogP contribution in [0.3, 0.4) is 0 Å². The summed E-state index contributed by atoms with van der Waals surface area (Å²) in [5, 5.41) is 7.58. The van der Waals surface area contributed by atoms with Crippen molar-refractivity contribution < 1.29 is 0 Å². The van der Waals surface area contributed by atoms with Crippen LogP contribution in [0.5, 0.6) is 0 Å². The molecule has 11 aromatic carbocycles. The van der Waals surface area contributed by atoms with Gasteiger partial charge in [0, 0.05) is 42.8 Å². The molecule has 0 aliphatic heterocycles. The number of hydrogen-bond donors (Lipinski definition) is 0. The Morgan fingerprint density at radius 3 is 1.55 bits per heavy atom. The third kappa shape index (κ3) is 5.20. The summed E-state index contributed by atoms with van der Waals surface area (Å²) in [4.78, 5) is 2.46. The minimum atomic E-state index is -0.433. The molecule has 0 unspecified atom stereocenters. The molecule has 0 bridgehead atoms. The first kappa shape index (κ1) is 36.4. The Balaban J connectivity index is 0.970. The largest absolute Gasteiger partial charge is 0.310 e. The van der Waals surface area contributed by atoms with Gasteiger partial charge >= 0.3 is 0 Å². The van der Waals surface area contributed by atoms with Gasteiger partial charge in [-0.3, -0.25) is 0 Å². The van der Waals surface area contributed by atoms with Crippen molar-refractivity contribution >= 4 is 70.1 Å². The van der Waals surface area contributed by atoms with Gasteiger partial charge in [-0.15, -0.1) is 11.3 Å². The van der Waals surface area contributed by atoms with Crippen molar-refractivity contribution in [2.45, 2.75) is 5.41 Å². The Morgan fingerprint density at radius 2 is 0.815 bits per heavy atom. The minimum Gasteiger partial charge on any atom is -0.310 e. The lowest BCUT2D eigenvalue weighted by Gasteiger charge is -2.32. The molecule has 1 heterocycles. The average Bonchev–Trinajstić information content (AvgIpc) is 4.01. The molecular weight excluding hydrogens is 803 g/mol. The van der Waals surface area contributed by atoms with Gasteiger partial charge in [-0.05, 0) is 125 Å². The first-order valence-corrected chi connectivity index (χ1v) is 23.3. The van der Waals surface area contributed by atoms with Crippen LogP contribution in [-0.2, 0) is 5.41 Å². The summed E-state index contributed by atoms with van der Waals surface area (Å²) in [6.45, 7) is 0. The van der Waals surface area contributed by atoms with E-state index in [2.05, 4.69) is 241 Å². The molecule has 1 aromatic heterocycles. The second kappa shape index (κ2) is 14.0. The molecule has 0 N–H and O–H groups in total. The lowest BCUT2D eigenvalue weighted by atomic mass is 9.70. The van der Waals surface area contributed by atoms with Crippen LogP contribution in [0.15, 0.2) is 237 Å². The number of anilines is 3. The maximum absolute atomic E-state index is 2.49. The van der Waals surface area contributed by atoms with Gasteiger partial charge in [0.2, 0.25) is 0 Å². The first-order chi connectivity index (χ1) is 32.2. The third-order valence-electron chi connectivity index (χ3n) is 14.3. The minimum absolute atomic E-state index is 0.433. The van der Waals surface area contributed by atoms with Crippen LogP contribution in [0.25, 0.3) is 86.2 Å². The molecule has 0 fully saturated rings. The smallest absolute Gasteiger partial charge is 0.0726 e. The topological polar surface area (TPSA) is 3.24 Å². The van der Waals surface area contributed by atoms with Crippen LogP contribution in [0.1, 0.15) is 22.3 Å². The van der Waals surface area contributed by atoms with Crippen molar-refractivity contribution in [2.24, 2.45) is 0 Å². The van der Waals surface area contributed by atoms with Gasteiger partial charge in [0.1, 0.15) is 0 Å².